The zero-order valence-corrected chi connectivity index (χ0v) is 13.4. The number of carbonyl (C=O) groups excluding carboxylic acids is 2. The molecule has 7 heteroatoms. The Morgan fingerprint density at radius 1 is 1.26 bits per heavy atom. The predicted molar refractivity (Wildman–Crippen MR) is 88.9 cm³/mol. The van der Waals surface area contributed by atoms with Crippen LogP contribution in [0.2, 0.25) is 0 Å². The van der Waals surface area contributed by atoms with Gasteiger partial charge in [-0.05, 0) is 43.5 Å². The van der Waals surface area contributed by atoms with Gasteiger partial charge in [0.25, 0.3) is 5.91 Å². The van der Waals surface area contributed by atoms with Crippen LogP contribution in [-0.4, -0.2) is 40.2 Å². The summed E-state index contributed by atoms with van der Waals surface area (Å²) in [4.78, 5) is 30.3. The van der Waals surface area contributed by atoms with Gasteiger partial charge in [-0.2, -0.15) is 4.99 Å². The molecule has 0 spiro atoms. The lowest BCUT2D eigenvalue weighted by atomic mass is 10.1. The van der Waals surface area contributed by atoms with Crippen LogP contribution in [0.5, 0.6) is 0 Å². The van der Waals surface area contributed by atoms with Gasteiger partial charge in [-0.1, -0.05) is 11.8 Å². The molecule has 0 radical (unpaired) electrons. The van der Waals surface area contributed by atoms with E-state index in [9.17, 15) is 14.0 Å². The molecule has 122 valence electrons. The highest BCUT2D eigenvalue weighted by molar-refractivity contribution is 8.15. The van der Waals surface area contributed by atoms with Gasteiger partial charge in [0.05, 0.1) is 0 Å². The molecule has 2 aliphatic heterocycles. The van der Waals surface area contributed by atoms with Crippen molar-refractivity contribution >= 4 is 34.4 Å². The number of nitrogens with one attached hydrogen (secondary N) is 1. The van der Waals surface area contributed by atoms with E-state index in [2.05, 4.69) is 15.2 Å². The second-order valence-corrected chi connectivity index (χ2v) is 6.82. The van der Waals surface area contributed by atoms with Crippen molar-refractivity contribution < 1.29 is 14.0 Å². The molecule has 0 aliphatic carbocycles. The molecule has 1 aromatic carbocycles. The summed E-state index contributed by atoms with van der Waals surface area (Å²) in [7, 11) is 0. The average molecular weight is 335 g/mol. The van der Waals surface area contributed by atoms with Crippen molar-refractivity contribution in [2.24, 2.45) is 4.99 Å². The summed E-state index contributed by atoms with van der Waals surface area (Å²) in [5.41, 5.74) is 0.518. The SMILES string of the molecule is O=C(C[C@H]1SC(N2CCCCC2)=NC1=O)Nc1ccc(F)cc1. The van der Waals surface area contributed by atoms with Gasteiger partial charge in [-0.25, -0.2) is 4.39 Å². The molecule has 1 atom stereocenters. The number of nitrogens with zero attached hydrogens (tertiary/aromatic N) is 2. The third kappa shape index (κ3) is 4.10. The van der Waals surface area contributed by atoms with Crippen molar-refractivity contribution in [2.75, 3.05) is 18.4 Å². The number of amidine groups is 1. The molecule has 2 amide bonds. The lowest BCUT2D eigenvalue weighted by Crippen LogP contribution is -2.33. The highest BCUT2D eigenvalue weighted by Crippen LogP contribution is 2.29. The van der Waals surface area contributed by atoms with E-state index in [-0.39, 0.29) is 24.1 Å². The zero-order chi connectivity index (χ0) is 16.2. The van der Waals surface area contributed by atoms with E-state index in [4.69, 9.17) is 0 Å². The molecule has 1 saturated heterocycles. The molecule has 0 aromatic heterocycles. The topological polar surface area (TPSA) is 61.8 Å². The zero-order valence-electron chi connectivity index (χ0n) is 12.6. The third-order valence-corrected chi connectivity index (χ3v) is 5.07. The minimum absolute atomic E-state index is 0.0711. The molecular weight excluding hydrogens is 317 g/mol. The van der Waals surface area contributed by atoms with Crippen LogP contribution in [0, 0.1) is 5.82 Å². The number of benzene rings is 1. The lowest BCUT2D eigenvalue weighted by molar-refractivity contribution is -0.121. The average Bonchev–Trinajstić information content (AvgIpc) is 2.91. The molecule has 2 heterocycles. The maximum Gasteiger partial charge on any atom is 0.262 e. The molecule has 0 saturated carbocycles. The highest BCUT2D eigenvalue weighted by Gasteiger charge is 2.33. The summed E-state index contributed by atoms with van der Waals surface area (Å²) < 4.78 is 12.8. The Labute approximate surface area is 138 Å². The first-order chi connectivity index (χ1) is 11.1. The highest BCUT2D eigenvalue weighted by atomic mass is 32.2. The van der Waals surface area contributed by atoms with Crippen LogP contribution in [-0.2, 0) is 9.59 Å². The Kier molecular flexibility index (Phi) is 4.95. The van der Waals surface area contributed by atoms with E-state index in [0.717, 1.165) is 31.1 Å². The molecule has 0 bridgehead atoms. The smallest absolute Gasteiger partial charge is 0.262 e. The maximum atomic E-state index is 12.8. The molecule has 0 unspecified atom stereocenters. The van der Waals surface area contributed by atoms with Crippen molar-refractivity contribution in [3.8, 4) is 0 Å². The Morgan fingerprint density at radius 3 is 2.65 bits per heavy atom. The number of anilines is 1. The number of hydrogen-bond acceptors (Lipinski definition) is 4. The van der Waals surface area contributed by atoms with Crippen LogP contribution in [0.3, 0.4) is 0 Å². The van der Waals surface area contributed by atoms with Gasteiger partial charge in [0.2, 0.25) is 5.91 Å². The fraction of sp³-hybridized carbons (Fsp3) is 0.438. The summed E-state index contributed by atoms with van der Waals surface area (Å²) in [5, 5.41) is 2.95. The number of piperidine rings is 1. The van der Waals surface area contributed by atoms with Crippen molar-refractivity contribution in [1.29, 1.82) is 0 Å². The van der Waals surface area contributed by atoms with Crippen LogP contribution in [0.4, 0.5) is 10.1 Å². The number of aliphatic imine (C=N–C) groups is 1. The molecule has 1 fully saturated rings. The van der Waals surface area contributed by atoms with Gasteiger partial charge in [0, 0.05) is 25.2 Å². The van der Waals surface area contributed by atoms with Gasteiger partial charge < -0.3 is 10.2 Å². The van der Waals surface area contributed by atoms with Crippen LogP contribution in [0.1, 0.15) is 25.7 Å². The Bertz CT molecular complexity index is 627. The van der Waals surface area contributed by atoms with Gasteiger partial charge >= 0.3 is 0 Å². The molecule has 1 aromatic rings. The predicted octanol–water partition coefficient (Wildman–Crippen LogP) is 2.64. The van der Waals surface area contributed by atoms with Crippen molar-refractivity contribution in [3.05, 3.63) is 30.1 Å². The Balaban J connectivity index is 1.53. The molecule has 3 rings (SSSR count). The number of rotatable bonds is 3. The quantitative estimate of drug-likeness (QED) is 0.922. The molecule has 5 nitrogen and oxygen atoms in total. The minimum Gasteiger partial charge on any atom is -0.351 e. The first-order valence-electron chi connectivity index (χ1n) is 7.71. The van der Waals surface area contributed by atoms with E-state index >= 15 is 0 Å². The van der Waals surface area contributed by atoms with Gasteiger partial charge in [-0.3, -0.25) is 9.59 Å². The summed E-state index contributed by atoms with van der Waals surface area (Å²) in [6.45, 7) is 1.85. The van der Waals surface area contributed by atoms with E-state index < -0.39 is 5.25 Å². The van der Waals surface area contributed by atoms with Crippen molar-refractivity contribution in [1.82, 2.24) is 4.90 Å². The first kappa shape index (κ1) is 16.0. The van der Waals surface area contributed by atoms with Crippen LogP contribution in [0.25, 0.3) is 0 Å². The number of hydrogen-bond donors (Lipinski definition) is 1. The summed E-state index contributed by atoms with van der Waals surface area (Å²) >= 11 is 1.37. The second-order valence-electron chi connectivity index (χ2n) is 5.65. The fourth-order valence-corrected chi connectivity index (χ4v) is 3.76. The fourth-order valence-electron chi connectivity index (χ4n) is 2.64. The maximum absolute atomic E-state index is 12.8. The van der Waals surface area contributed by atoms with Crippen LogP contribution in [0.15, 0.2) is 29.3 Å². The summed E-state index contributed by atoms with van der Waals surface area (Å²) in [5.74, 6) is -0.869. The van der Waals surface area contributed by atoms with E-state index in [1.807, 2.05) is 0 Å². The molecule has 1 N–H and O–H groups in total. The summed E-state index contributed by atoms with van der Waals surface area (Å²) in [6, 6.07) is 5.55. The monoisotopic (exact) mass is 335 g/mol. The van der Waals surface area contributed by atoms with Gasteiger partial charge in [0.1, 0.15) is 11.1 Å². The second kappa shape index (κ2) is 7.12. The Morgan fingerprint density at radius 2 is 1.96 bits per heavy atom. The van der Waals surface area contributed by atoms with Gasteiger partial charge in [0.15, 0.2) is 5.17 Å². The van der Waals surface area contributed by atoms with Crippen molar-refractivity contribution in [3.63, 3.8) is 0 Å². The van der Waals surface area contributed by atoms with Crippen LogP contribution < -0.4 is 5.32 Å². The van der Waals surface area contributed by atoms with E-state index in [1.54, 1.807) is 0 Å². The molecule has 2 aliphatic rings. The molecular formula is C16H18FN3O2S. The number of amides is 2. The number of likely N-dealkylation sites (tertiary alicyclic amines) is 1. The van der Waals surface area contributed by atoms with E-state index in [1.165, 1.54) is 42.4 Å². The van der Waals surface area contributed by atoms with Crippen LogP contribution >= 0.6 is 11.8 Å². The van der Waals surface area contributed by atoms with Crippen molar-refractivity contribution in [2.45, 2.75) is 30.9 Å². The molecule has 23 heavy (non-hydrogen) atoms. The lowest BCUT2D eigenvalue weighted by Gasteiger charge is -2.27. The van der Waals surface area contributed by atoms with E-state index in [0.29, 0.717) is 5.69 Å². The Hall–Kier alpha value is -1.89. The standard InChI is InChI=1S/C16H18FN3O2S/c17-11-4-6-12(7-5-11)18-14(21)10-13-15(22)19-16(23-13)20-8-2-1-3-9-20/h4-7,13H,1-3,8-10H2,(H,18,21)/t13-/m1/s1. The first-order valence-corrected chi connectivity index (χ1v) is 8.59. The minimum atomic E-state index is -0.465. The number of thioether (sulfide) groups is 1. The number of halogens is 1. The van der Waals surface area contributed by atoms with Gasteiger partial charge in [-0.15, -0.1) is 0 Å². The third-order valence-electron chi connectivity index (χ3n) is 3.85. The largest absolute Gasteiger partial charge is 0.351 e. The normalized spacial score (nSPS) is 21.3. The number of carbonyl (C=O) groups is 2. The summed E-state index contributed by atoms with van der Waals surface area (Å²) in [6.07, 6.45) is 3.51.